The van der Waals surface area contributed by atoms with E-state index in [1.807, 2.05) is 42.5 Å². The molecule has 1 aromatic heterocycles. The van der Waals surface area contributed by atoms with Gasteiger partial charge in [0.2, 0.25) is 0 Å². The molecule has 2 atom stereocenters. The second-order valence-electron chi connectivity index (χ2n) is 9.31. The predicted molar refractivity (Wildman–Crippen MR) is 137 cm³/mol. The highest BCUT2D eigenvalue weighted by molar-refractivity contribution is 6.07. The SMILES string of the molecule is COC(=O)C1C(C)=NC(C)=C(C(=O)OCCN2Cc3ccccc3C2)C1c1cnc2ccccc2c1. The second kappa shape index (κ2) is 10.0. The van der Waals surface area contributed by atoms with Crippen LogP contribution in [0.4, 0.5) is 0 Å². The molecule has 0 spiro atoms. The molecule has 2 aliphatic rings. The molecule has 0 bridgehead atoms. The number of esters is 2. The van der Waals surface area contributed by atoms with Crippen molar-refractivity contribution in [3.05, 3.63) is 88.8 Å². The topological polar surface area (TPSA) is 81.1 Å². The first kappa shape index (κ1) is 23.9. The van der Waals surface area contributed by atoms with E-state index in [1.54, 1.807) is 20.0 Å². The average molecular weight is 484 g/mol. The van der Waals surface area contributed by atoms with Crippen LogP contribution in [0.25, 0.3) is 10.9 Å². The number of para-hydroxylation sites is 1. The number of rotatable bonds is 6. The quantitative estimate of drug-likeness (QED) is 0.483. The van der Waals surface area contributed by atoms with Crippen molar-refractivity contribution in [1.82, 2.24) is 9.88 Å². The lowest BCUT2D eigenvalue weighted by Gasteiger charge is -2.31. The average Bonchev–Trinajstić information content (AvgIpc) is 3.30. The number of methoxy groups -OCH3 is 1. The summed E-state index contributed by atoms with van der Waals surface area (Å²) in [5, 5.41) is 0.928. The first-order valence-corrected chi connectivity index (χ1v) is 12.1. The van der Waals surface area contributed by atoms with Gasteiger partial charge in [-0.15, -0.1) is 0 Å². The minimum absolute atomic E-state index is 0.248. The van der Waals surface area contributed by atoms with Crippen LogP contribution in [-0.4, -0.2) is 47.8 Å². The highest BCUT2D eigenvalue weighted by Gasteiger charge is 2.42. The van der Waals surface area contributed by atoms with Gasteiger partial charge in [0.25, 0.3) is 0 Å². The van der Waals surface area contributed by atoms with Crippen LogP contribution in [0.5, 0.6) is 0 Å². The number of ether oxygens (including phenoxy) is 2. The Morgan fingerprint density at radius 2 is 1.72 bits per heavy atom. The molecule has 0 saturated carbocycles. The fourth-order valence-electron chi connectivity index (χ4n) is 5.26. The Kier molecular flexibility index (Phi) is 6.65. The Morgan fingerprint density at radius 1 is 1.03 bits per heavy atom. The van der Waals surface area contributed by atoms with Crippen LogP contribution in [0.15, 0.2) is 77.1 Å². The molecule has 0 saturated heterocycles. The van der Waals surface area contributed by atoms with Gasteiger partial charge in [-0.25, -0.2) is 4.79 Å². The van der Waals surface area contributed by atoms with Gasteiger partial charge in [-0.2, -0.15) is 0 Å². The summed E-state index contributed by atoms with van der Waals surface area (Å²) in [6.07, 6.45) is 1.73. The third-order valence-electron chi connectivity index (χ3n) is 7.02. The van der Waals surface area contributed by atoms with Crippen LogP contribution in [0, 0.1) is 5.92 Å². The minimum Gasteiger partial charge on any atom is -0.468 e. The van der Waals surface area contributed by atoms with Gasteiger partial charge in [-0.05, 0) is 42.7 Å². The molecule has 184 valence electrons. The van der Waals surface area contributed by atoms with Crippen molar-refractivity contribution >= 4 is 28.6 Å². The Balaban J connectivity index is 1.40. The first-order chi connectivity index (χ1) is 17.5. The number of hydrogen-bond donors (Lipinski definition) is 0. The molecular weight excluding hydrogens is 454 g/mol. The van der Waals surface area contributed by atoms with Crippen LogP contribution >= 0.6 is 0 Å². The molecule has 0 aliphatic carbocycles. The summed E-state index contributed by atoms with van der Waals surface area (Å²) in [5.41, 5.74) is 5.73. The number of aliphatic imine (C=N–C) groups is 1. The van der Waals surface area contributed by atoms with E-state index >= 15 is 0 Å². The van der Waals surface area contributed by atoms with E-state index in [1.165, 1.54) is 18.2 Å². The molecule has 7 heteroatoms. The lowest BCUT2D eigenvalue weighted by molar-refractivity contribution is -0.144. The second-order valence-corrected chi connectivity index (χ2v) is 9.31. The number of benzene rings is 2. The van der Waals surface area contributed by atoms with E-state index in [0.29, 0.717) is 23.5 Å². The summed E-state index contributed by atoms with van der Waals surface area (Å²) in [6, 6.07) is 18.1. The van der Waals surface area contributed by atoms with Crippen LogP contribution < -0.4 is 0 Å². The molecule has 36 heavy (non-hydrogen) atoms. The summed E-state index contributed by atoms with van der Waals surface area (Å²) in [5.74, 6) is -2.25. The number of nitrogens with zero attached hydrogens (tertiary/aromatic N) is 3. The van der Waals surface area contributed by atoms with Gasteiger partial charge in [0.05, 0.1) is 18.2 Å². The van der Waals surface area contributed by atoms with Crippen molar-refractivity contribution in [3.63, 3.8) is 0 Å². The van der Waals surface area contributed by atoms with Crippen LogP contribution in [-0.2, 0) is 32.2 Å². The van der Waals surface area contributed by atoms with Gasteiger partial charge in [0, 0.05) is 48.5 Å². The van der Waals surface area contributed by atoms with E-state index in [4.69, 9.17) is 9.47 Å². The van der Waals surface area contributed by atoms with Gasteiger partial charge < -0.3 is 9.47 Å². The van der Waals surface area contributed by atoms with Crippen molar-refractivity contribution in [2.75, 3.05) is 20.3 Å². The Bertz CT molecular complexity index is 1370. The van der Waals surface area contributed by atoms with Crippen LogP contribution in [0.2, 0.25) is 0 Å². The van der Waals surface area contributed by atoms with Gasteiger partial charge in [0.1, 0.15) is 12.5 Å². The van der Waals surface area contributed by atoms with Crippen molar-refractivity contribution < 1.29 is 19.1 Å². The number of hydrogen-bond acceptors (Lipinski definition) is 7. The van der Waals surface area contributed by atoms with E-state index < -0.39 is 23.8 Å². The molecule has 2 aliphatic heterocycles. The maximum atomic E-state index is 13.5. The number of fused-ring (bicyclic) bond motifs is 2. The van der Waals surface area contributed by atoms with Crippen molar-refractivity contribution in [2.24, 2.45) is 10.9 Å². The monoisotopic (exact) mass is 483 g/mol. The maximum absolute atomic E-state index is 13.5. The van der Waals surface area contributed by atoms with Gasteiger partial charge >= 0.3 is 11.9 Å². The summed E-state index contributed by atoms with van der Waals surface area (Å²) >= 11 is 0. The summed E-state index contributed by atoms with van der Waals surface area (Å²) < 4.78 is 10.9. The predicted octanol–water partition coefficient (Wildman–Crippen LogP) is 4.42. The standard InChI is InChI=1S/C29H29N3O4/c1-18-25(28(33)35-3)27(23-14-20-8-6-7-11-24(20)30-15-23)26(19(2)31-18)29(34)36-13-12-32-16-21-9-4-5-10-22(21)17-32/h4-11,14-15,25,27H,12-13,16-17H2,1-3H3. The van der Waals surface area contributed by atoms with Crippen LogP contribution in [0.1, 0.15) is 36.5 Å². The van der Waals surface area contributed by atoms with E-state index in [-0.39, 0.29) is 6.61 Å². The molecule has 2 unspecified atom stereocenters. The maximum Gasteiger partial charge on any atom is 0.336 e. The third-order valence-corrected chi connectivity index (χ3v) is 7.02. The normalized spacial score (nSPS) is 19.7. The molecular formula is C29H29N3O4. The first-order valence-electron chi connectivity index (χ1n) is 12.1. The van der Waals surface area contributed by atoms with Gasteiger partial charge in [0.15, 0.2) is 0 Å². The highest BCUT2D eigenvalue weighted by atomic mass is 16.5. The number of pyridine rings is 1. The largest absolute Gasteiger partial charge is 0.468 e. The third kappa shape index (κ3) is 4.54. The summed E-state index contributed by atoms with van der Waals surface area (Å²) in [4.78, 5) is 37.7. The Morgan fingerprint density at radius 3 is 2.44 bits per heavy atom. The molecule has 0 amide bonds. The fourth-order valence-corrected chi connectivity index (χ4v) is 5.26. The number of carbonyl (C=O) groups is 2. The van der Waals surface area contributed by atoms with Crippen LogP contribution in [0.3, 0.4) is 0 Å². The molecule has 7 nitrogen and oxygen atoms in total. The molecule has 0 N–H and O–H groups in total. The molecule has 0 fully saturated rings. The molecule has 0 radical (unpaired) electrons. The highest BCUT2D eigenvalue weighted by Crippen LogP contribution is 2.40. The molecule has 3 heterocycles. The number of carbonyl (C=O) groups excluding carboxylic acids is 2. The van der Waals surface area contributed by atoms with E-state index in [9.17, 15) is 9.59 Å². The van der Waals surface area contributed by atoms with Crippen molar-refractivity contribution in [3.8, 4) is 0 Å². The summed E-state index contributed by atoms with van der Waals surface area (Å²) in [6.45, 7) is 6.13. The Hall–Kier alpha value is -3.84. The fraction of sp³-hybridized carbons (Fsp3) is 0.310. The summed E-state index contributed by atoms with van der Waals surface area (Å²) in [7, 11) is 1.35. The molecule has 3 aromatic rings. The zero-order valence-corrected chi connectivity index (χ0v) is 20.7. The van der Waals surface area contributed by atoms with Gasteiger partial charge in [-0.3, -0.25) is 19.7 Å². The smallest absolute Gasteiger partial charge is 0.336 e. The van der Waals surface area contributed by atoms with E-state index in [0.717, 1.165) is 29.6 Å². The van der Waals surface area contributed by atoms with Crippen molar-refractivity contribution in [1.29, 1.82) is 0 Å². The van der Waals surface area contributed by atoms with E-state index in [2.05, 4.69) is 27.0 Å². The zero-order valence-electron chi connectivity index (χ0n) is 20.7. The van der Waals surface area contributed by atoms with Gasteiger partial charge in [-0.1, -0.05) is 42.5 Å². The lowest BCUT2D eigenvalue weighted by Crippen LogP contribution is -2.36. The lowest BCUT2D eigenvalue weighted by atomic mass is 9.76. The molecule has 5 rings (SSSR count). The Labute approximate surface area is 210 Å². The number of allylic oxidation sites excluding steroid dienone is 1. The molecule has 2 aromatic carbocycles. The zero-order chi connectivity index (χ0) is 25.2. The van der Waals surface area contributed by atoms with Crippen molar-refractivity contribution in [2.45, 2.75) is 32.9 Å². The number of aromatic nitrogens is 1. The minimum atomic E-state index is -0.739.